The number of pyridine rings is 1. The van der Waals surface area contributed by atoms with Gasteiger partial charge in [0.05, 0.1) is 10.0 Å². The van der Waals surface area contributed by atoms with Crippen molar-refractivity contribution in [3.8, 4) is 0 Å². The van der Waals surface area contributed by atoms with Gasteiger partial charge in [-0.25, -0.2) is 4.98 Å². The molecule has 1 atom stereocenters. The Morgan fingerprint density at radius 1 is 1.46 bits per heavy atom. The second-order valence-corrected chi connectivity index (χ2v) is 3.75. The lowest BCUT2D eigenvalue weighted by molar-refractivity contribution is 0.759. The number of anilines is 1. The molecule has 0 aromatic carbocycles. The third kappa shape index (κ3) is 3.05. The fraction of sp³-hybridized carbons (Fsp3) is 0.444. The van der Waals surface area contributed by atoms with Crippen LogP contribution < -0.4 is 5.32 Å². The van der Waals surface area contributed by atoms with Gasteiger partial charge >= 0.3 is 0 Å². The Balaban J connectivity index is 2.73. The summed E-state index contributed by atoms with van der Waals surface area (Å²) in [5, 5.41) is 4.22. The molecule has 4 heteroatoms. The van der Waals surface area contributed by atoms with E-state index in [-0.39, 0.29) is 0 Å². The van der Waals surface area contributed by atoms with Gasteiger partial charge in [-0.3, -0.25) is 0 Å². The first-order valence-electron chi connectivity index (χ1n) is 4.21. The summed E-state index contributed by atoms with van der Waals surface area (Å²) in [7, 11) is 0. The van der Waals surface area contributed by atoms with Crippen molar-refractivity contribution < 1.29 is 0 Å². The number of hydrogen-bond acceptors (Lipinski definition) is 2. The molecule has 0 saturated heterocycles. The molecule has 0 spiro atoms. The van der Waals surface area contributed by atoms with Crippen molar-refractivity contribution in [2.24, 2.45) is 0 Å². The molecule has 1 aromatic rings. The minimum absolute atomic E-state index is 0.393. The standard InChI is InChI=1S/C9H12Cl2N2/c1-3-6(2)13-9-4-7(10)8(11)5-12-9/h4-6H,3H2,1-2H3,(H,12,13). The van der Waals surface area contributed by atoms with Gasteiger partial charge in [-0.15, -0.1) is 0 Å². The normalized spacial score (nSPS) is 12.6. The van der Waals surface area contributed by atoms with Crippen molar-refractivity contribution in [1.29, 1.82) is 0 Å². The van der Waals surface area contributed by atoms with E-state index >= 15 is 0 Å². The molecule has 0 aliphatic heterocycles. The van der Waals surface area contributed by atoms with Crippen LogP contribution in [-0.2, 0) is 0 Å². The van der Waals surface area contributed by atoms with Crippen molar-refractivity contribution in [2.75, 3.05) is 5.32 Å². The molecule has 0 bridgehead atoms. The minimum Gasteiger partial charge on any atom is -0.368 e. The first-order chi connectivity index (χ1) is 6.13. The van der Waals surface area contributed by atoms with Crippen LogP contribution in [0.2, 0.25) is 10.0 Å². The zero-order valence-electron chi connectivity index (χ0n) is 7.64. The molecule has 2 nitrogen and oxygen atoms in total. The van der Waals surface area contributed by atoms with E-state index in [1.807, 2.05) is 0 Å². The van der Waals surface area contributed by atoms with Gasteiger partial charge in [0.1, 0.15) is 5.82 Å². The Labute approximate surface area is 88.3 Å². The predicted molar refractivity (Wildman–Crippen MR) is 57.6 cm³/mol. The molecule has 13 heavy (non-hydrogen) atoms. The molecule has 0 saturated carbocycles. The fourth-order valence-electron chi connectivity index (χ4n) is 0.848. The Hall–Kier alpha value is -0.470. The second-order valence-electron chi connectivity index (χ2n) is 2.94. The van der Waals surface area contributed by atoms with E-state index in [1.165, 1.54) is 0 Å². The predicted octanol–water partition coefficient (Wildman–Crippen LogP) is 3.60. The maximum absolute atomic E-state index is 5.83. The molecule has 1 heterocycles. The Morgan fingerprint density at radius 3 is 2.69 bits per heavy atom. The molecule has 0 aliphatic rings. The van der Waals surface area contributed by atoms with E-state index in [0.717, 1.165) is 12.2 Å². The highest BCUT2D eigenvalue weighted by Gasteiger charge is 2.02. The zero-order chi connectivity index (χ0) is 9.84. The number of halogens is 2. The van der Waals surface area contributed by atoms with E-state index in [4.69, 9.17) is 23.2 Å². The van der Waals surface area contributed by atoms with E-state index < -0.39 is 0 Å². The molecule has 1 aromatic heterocycles. The largest absolute Gasteiger partial charge is 0.368 e. The third-order valence-electron chi connectivity index (χ3n) is 1.82. The fourth-order valence-corrected chi connectivity index (χ4v) is 1.10. The van der Waals surface area contributed by atoms with Crippen molar-refractivity contribution in [3.63, 3.8) is 0 Å². The molecule has 0 amide bonds. The van der Waals surface area contributed by atoms with E-state index in [9.17, 15) is 0 Å². The monoisotopic (exact) mass is 218 g/mol. The Kier molecular flexibility index (Phi) is 3.82. The summed E-state index contributed by atoms with van der Waals surface area (Å²) in [6.45, 7) is 4.19. The van der Waals surface area contributed by atoms with Crippen molar-refractivity contribution >= 4 is 29.0 Å². The lowest BCUT2D eigenvalue weighted by Crippen LogP contribution is -2.14. The van der Waals surface area contributed by atoms with Gasteiger partial charge in [-0.1, -0.05) is 30.1 Å². The number of hydrogen-bond donors (Lipinski definition) is 1. The summed E-state index contributed by atoms with van der Waals surface area (Å²) >= 11 is 11.6. The van der Waals surface area contributed by atoms with Crippen LogP contribution in [0.25, 0.3) is 0 Å². The van der Waals surface area contributed by atoms with Gasteiger partial charge in [0.25, 0.3) is 0 Å². The molecular weight excluding hydrogens is 207 g/mol. The number of rotatable bonds is 3. The zero-order valence-corrected chi connectivity index (χ0v) is 9.15. The third-order valence-corrected chi connectivity index (χ3v) is 2.53. The molecule has 0 fully saturated rings. The maximum Gasteiger partial charge on any atom is 0.127 e. The highest BCUT2D eigenvalue weighted by atomic mass is 35.5. The maximum atomic E-state index is 5.83. The van der Waals surface area contributed by atoms with E-state index in [2.05, 4.69) is 24.1 Å². The summed E-state index contributed by atoms with van der Waals surface area (Å²) in [5.74, 6) is 0.767. The summed E-state index contributed by atoms with van der Waals surface area (Å²) in [4.78, 5) is 4.10. The Morgan fingerprint density at radius 2 is 2.15 bits per heavy atom. The number of nitrogens with one attached hydrogen (secondary N) is 1. The van der Waals surface area contributed by atoms with Crippen molar-refractivity contribution in [2.45, 2.75) is 26.3 Å². The average Bonchev–Trinajstić information content (AvgIpc) is 2.11. The second kappa shape index (κ2) is 4.68. The minimum atomic E-state index is 0.393. The quantitative estimate of drug-likeness (QED) is 0.839. The van der Waals surface area contributed by atoms with Gasteiger partial charge in [-0.05, 0) is 13.3 Å². The summed E-state index contributed by atoms with van der Waals surface area (Å²) in [6.07, 6.45) is 2.59. The molecule has 72 valence electrons. The molecule has 1 rings (SSSR count). The summed E-state index contributed by atoms with van der Waals surface area (Å²) in [5.41, 5.74) is 0. The SMILES string of the molecule is CCC(C)Nc1cc(Cl)c(Cl)cn1. The van der Waals surface area contributed by atoms with Crippen LogP contribution in [0.4, 0.5) is 5.82 Å². The first-order valence-corrected chi connectivity index (χ1v) is 4.96. The molecule has 0 aliphatic carbocycles. The smallest absolute Gasteiger partial charge is 0.127 e. The van der Waals surface area contributed by atoms with Crippen LogP contribution in [0.1, 0.15) is 20.3 Å². The lowest BCUT2D eigenvalue weighted by atomic mass is 10.2. The van der Waals surface area contributed by atoms with Crippen molar-refractivity contribution in [1.82, 2.24) is 4.98 Å². The van der Waals surface area contributed by atoms with Crippen LogP contribution in [0, 0.1) is 0 Å². The Bertz CT molecular complexity index is 289. The van der Waals surface area contributed by atoms with Crippen LogP contribution in [0.15, 0.2) is 12.3 Å². The van der Waals surface area contributed by atoms with Crippen LogP contribution in [0.5, 0.6) is 0 Å². The number of nitrogens with zero attached hydrogens (tertiary/aromatic N) is 1. The molecule has 1 unspecified atom stereocenters. The highest BCUT2D eigenvalue weighted by molar-refractivity contribution is 6.42. The van der Waals surface area contributed by atoms with Crippen LogP contribution in [0.3, 0.4) is 0 Å². The van der Waals surface area contributed by atoms with E-state index in [0.29, 0.717) is 16.1 Å². The van der Waals surface area contributed by atoms with Crippen LogP contribution in [-0.4, -0.2) is 11.0 Å². The molecule has 0 radical (unpaired) electrons. The summed E-state index contributed by atoms with van der Waals surface area (Å²) in [6, 6.07) is 2.13. The summed E-state index contributed by atoms with van der Waals surface area (Å²) < 4.78 is 0. The average molecular weight is 219 g/mol. The van der Waals surface area contributed by atoms with Crippen molar-refractivity contribution in [3.05, 3.63) is 22.3 Å². The lowest BCUT2D eigenvalue weighted by Gasteiger charge is -2.11. The molecule has 1 N–H and O–H groups in total. The molecular formula is C9H12Cl2N2. The van der Waals surface area contributed by atoms with E-state index in [1.54, 1.807) is 12.3 Å². The topological polar surface area (TPSA) is 24.9 Å². The number of aromatic nitrogens is 1. The van der Waals surface area contributed by atoms with Gasteiger partial charge in [0.2, 0.25) is 0 Å². The van der Waals surface area contributed by atoms with Gasteiger partial charge in [0, 0.05) is 18.3 Å². The van der Waals surface area contributed by atoms with Gasteiger partial charge in [-0.2, -0.15) is 0 Å². The first kappa shape index (κ1) is 10.6. The van der Waals surface area contributed by atoms with Crippen LogP contribution >= 0.6 is 23.2 Å². The van der Waals surface area contributed by atoms with Gasteiger partial charge in [0.15, 0.2) is 0 Å². The highest BCUT2D eigenvalue weighted by Crippen LogP contribution is 2.23. The van der Waals surface area contributed by atoms with Gasteiger partial charge < -0.3 is 5.32 Å².